The second-order valence-electron chi connectivity index (χ2n) is 8.65. The fourth-order valence-corrected chi connectivity index (χ4v) is 18.1. The molecular formula is C24H28N2Te2. The van der Waals surface area contributed by atoms with E-state index in [1.165, 1.54) is 77.5 Å². The van der Waals surface area contributed by atoms with Crippen molar-refractivity contribution in [2.24, 2.45) is 0 Å². The van der Waals surface area contributed by atoms with Crippen LogP contribution in [0.5, 0.6) is 0 Å². The van der Waals surface area contributed by atoms with E-state index in [-0.39, 0.29) is 34.1 Å². The molecular weight excluding hydrogens is 571 g/mol. The molecule has 6 rings (SSSR count). The van der Waals surface area contributed by atoms with Gasteiger partial charge in [-0.1, -0.05) is 0 Å². The van der Waals surface area contributed by atoms with E-state index in [1.54, 1.807) is 33.6 Å². The number of hydrogen-bond donors (Lipinski definition) is 0. The van der Waals surface area contributed by atoms with E-state index in [2.05, 4.69) is 34.1 Å². The molecule has 0 atom stereocenters. The van der Waals surface area contributed by atoms with Crippen LogP contribution in [0, 0.1) is 0 Å². The van der Waals surface area contributed by atoms with Crippen molar-refractivity contribution < 1.29 is 0 Å². The first kappa shape index (κ1) is 18.4. The summed E-state index contributed by atoms with van der Waals surface area (Å²) in [5.74, 6) is 0. The maximum atomic E-state index is 2.72. The van der Waals surface area contributed by atoms with Crippen molar-refractivity contribution in [1.29, 1.82) is 0 Å². The molecule has 0 fully saturated rings. The molecule has 4 aliphatic rings. The van der Waals surface area contributed by atoms with Gasteiger partial charge in [0.1, 0.15) is 0 Å². The number of rotatable bonds is 3. The fourth-order valence-electron chi connectivity index (χ4n) is 5.74. The Hall–Kier alpha value is -0.381. The summed E-state index contributed by atoms with van der Waals surface area (Å²) in [5, 5.41) is 0. The Kier molecular flexibility index (Phi) is 5.06. The summed E-state index contributed by atoms with van der Waals surface area (Å²) in [7, 11) is 0. The Morgan fingerprint density at radius 2 is 0.964 bits per heavy atom. The second kappa shape index (κ2) is 7.70. The van der Waals surface area contributed by atoms with Crippen LogP contribution in [0.25, 0.3) is 0 Å². The molecule has 0 radical (unpaired) electrons. The predicted octanol–water partition coefficient (Wildman–Crippen LogP) is 2.36. The summed E-state index contributed by atoms with van der Waals surface area (Å²) < 4.78 is 3.63. The summed E-state index contributed by atoms with van der Waals surface area (Å²) >= 11 is -0.0746. The molecule has 4 heterocycles. The number of hydrogen-bond acceptors (Lipinski definition) is 2. The van der Waals surface area contributed by atoms with Crippen molar-refractivity contribution in [2.45, 2.75) is 51.4 Å². The van der Waals surface area contributed by atoms with Crippen molar-refractivity contribution in [3.63, 3.8) is 0 Å². The van der Waals surface area contributed by atoms with Crippen molar-refractivity contribution in [3.05, 3.63) is 46.5 Å². The number of aryl methyl sites for hydroxylation is 2. The summed E-state index contributed by atoms with van der Waals surface area (Å²) in [6.45, 7) is 5.19. The maximum absolute atomic E-state index is 2.72. The summed E-state index contributed by atoms with van der Waals surface area (Å²) in [6, 6.07) is 10.1. The summed E-state index contributed by atoms with van der Waals surface area (Å²) in [5.41, 5.74) is 10.2. The van der Waals surface area contributed by atoms with Crippen molar-refractivity contribution in [1.82, 2.24) is 0 Å². The molecule has 2 aromatic carbocycles. The van der Waals surface area contributed by atoms with Gasteiger partial charge in [-0.05, 0) is 0 Å². The predicted molar refractivity (Wildman–Crippen MR) is 121 cm³/mol. The minimum atomic E-state index is -0.0373. The second-order valence-corrected chi connectivity index (χ2v) is 18.5. The Bertz CT molecular complexity index is 844. The van der Waals surface area contributed by atoms with Gasteiger partial charge >= 0.3 is 187 Å². The molecule has 0 N–H and O–H groups in total. The van der Waals surface area contributed by atoms with Crippen LogP contribution in [-0.4, -0.2) is 60.3 Å². The van der Waals surface area contributed by atoms with Gasteiger partial charge in [-0.25, -0.2) is 0 Å². The molecule has 28 heavy (non-hydrogen) atoms. The van der Waals surface area contributed by atoms with Crippen molar-refractivity contribution in [3.8, 4) is 0 Å². The first-order valence-electron chi connectivity index (χ1n) is 11.0. The molecule has 0 bridgehead atoms. The quantitative estimate of drug-likeness (QED) is 0.501. The molecule has 4 heteroatoms. The average molecular weight is 600 g/mol. The van der Waals surface area contributed by atoms with Crippen LogP contribution in [-0.2, 0) is 25.7 Å². The van der Waals surface area contributed by atoms with Crippen LogP contribution in [0.15, 0.2) is 24.3 Å². The van der Waals surface area contributed by atoms with Crippen LogP contribution in [0.3, 0.4) is 0 Å². The third-order valence-electron chi connectivity index (χ3n) is 6.96. The van der Waals surface area contributed by atoms with Gasteiger partial charge in [0, 0.05) is 0 Å². The standard InChI is InChI=1S/C24H28N2Te2/c1-5-17-9-11-21(19-7-3-15-25(13-1)23(17)19)27-28-22-12-10-18-6-2-14-26-16-4-8-20(22)24(18)26/h9-12H,1-8,13-16H2. The van der Waals surface area contributed by atoms with Crippen LogP contribution < -0.4 is 17.0 Å². The molecule has 0 aromatic heterocycles. The third kappa shape index (κ3) is 3.11. The third-order valence-corrected chi connectivity index (χ3v) is 18.9. The Morgan fingerprint density at radius 3 is 1.43 bits per heavy atom. The Morgan fingerprint density at radius 1 is 0.536 bits per heavy atom. The molecule has 0 amide bonds. The number of benzene rings is 2. The van der Waals surface area contributed by atoms with E-state index in [4.69, 9.17) is 0 Å². The van der Waals surface area contributed by atoms with Crippen LogP contribution in [0.1, 0.15) is 47.9 Å². The zero-order chi connectivity index (χ0) is 18.5. The van der Waals surface area contributed by atoms with E-state index >= 15 is 0 Å². The zero-order valence-corrected chi connectivity index (χ0v) is 21.2. The summed E-state index contributed by atoms with van der Waals surface area (Å²) in [6.07, 6.45) is 10.8. The van der Waals surface area contributed by atoms with Crippen LogP contribution in [0.4, 0.5) is 11.4 Å². The molecule has 0 spiro atoms. The van der Waals surface area contributed by atoms with Gasteiger partial charge in [0.15, 0.2) is 0 Å². The SMILES string of the molecule is c1cc([Te][Te]c2ccc3c4c2CCCN4CCC3)c2c3c1CCCN3CCC2. The van der Waals surface area contributed by atoms with Gasteiger partial charge in [-0.15, -0.1) is 0 Å². The fraction of sp³-hybridized carbons (Fsp3) is 0.500. The summed E-state index contributed by atoms with van der Waals surface area (Å²) in [4.78, 5) is 5.43. The van der Waals surface area contributed by atoms with Gasteiger partial charge < -0.3 is 0 Å². The van der Waals surface area contributed by atoms with E-state index in [0.717, 1.165) is 0 Å². The molecule has 0 aliphatic carbocycles. The van der Waals surface area contributed by atoms with E-state index < -0.39 is 0 Å². The normalized spacial score (nSPS) is 20.0. The first-order chi connectivity index (χ1) is 13.9. The first-order valence-corrected chi connectivity index (χ1v) is 20.7. The minimum absolute atomic E-state index is 0.0373. The van der Waals surface area contributed by atoms with Gasteiger partial charge in [0.2, 0.25) is 0 Å². The number of anilines is 2. The molecule has 0 saturated heterocycles. The van der Waals surface area contributed by atoms with Gasteiger partial charge in [-0.2, -0.15) is 0 Å². The van der Waals surface area contributed by atoms with E-state index in [9.17, 15) is 0 Å². The van der Waals surface area contributed by atoms with Crippen molar-refractivity contribution in [2.75, 3.05) is 36.0 Å². The Labute approximate surface area is 185 Å². The topological polar surface area (TPSA) is 6.48 Å². The average Bonchev–Trinajstić information content (AvgIpc) is 2.75. The van der Waals surface area contributed by atoms with E-state index in [1.807, 2.05) is 7.22 Å². The van der Waals surface area contributed by atoms with Crippen LogP contribution >= 0.6 is 0 Å². The monoisotopic (exact) mass is 604 g/mol. The number of nitrogens with zero attached hydrogens (tertiary/aromatic N) is 2. The Balaban J connectivity index is 1.32. The van der Waals surface area contributed by atoms with Crippen LogP contribution in [0.2, 0.25) is 0 Å². The molecule has 146 valence electrons. The van der Waals surface area contributed by atoms with E-state index in [0.29, 0.717) is 0 Å². The molecule has 2 aromatic rings. The molecule has 4 aliphatic heterocycles. The molecule has 0 saturated carbocycles. The molecule has 2 nitrogen and oxygen atoms in total. The van der Waals surface area contributed by atoms with Gasteiger partial charge in [0.25, 0.3) is 0 Å². The molecule has 0 unspecified atom stereocenters. The van der Waals surface area contributed by atoms with Gasteiger partial charge in [-0.3, -0.25) is 0 Å². The zero-order valence-electron chi connectivity index (χ0n) is 16.5. The van der Waals surface area contributed by atoms with Gasteiger partial charge in [0.05, 0.1) is 0 Å². The van der Waals surface area contributed by atoms with Crippen molar-refractivity contribution >= 4 is 52.7 Å².